The summed E-state index contributed by atoms with van der Waals surface area (Å²) in [5.41, 5.74) is 4.77. The van der Waals surface area contributed by atoms with Crippen LogP contribution in [0.25, 0.3) is 33.4 Å². The lowest BCUT2D eigenvalue weighted by atomic mass is 9.75. The quantitative estimate of drug-likeness (QED) is 0.103. The Bertz CT molecular complexity index is 2170. The standard InChI is InChI=1S/C42H38Cl2N2O6/c1-19(2)31-27-13-21(5)33(39(49)35(27)29(37(47)41(31)51)17-45-25-11-7-9-23(43)15-25)34-22(6)14-28-32(20(3)4)42(52)38(48)30(36(28)40(34)50)18-46-26-12-8-10-24(44)16-26/h7-20,45-46,49-52H,1-6H3/b29-17+,30-18+. The topological polar surface area (TPSA) is 139 Å². The van der Waals surface area contributed by atoms with Crippen LogP contribution in [0.1, 0.15) is 61.1 Å². The van der Waals surface area contributed by atoms with Gasteiger partial charge in [-0.1, -0.05) is 75.2 Å². The van der Waals surface area contributed by atoms with Gasteiger partial charge in [-0.3, -0.25) is 9.59 Å². The number of aliphatic hydroxyl groups is 2. The van der Waals surface area contributed by atoms with Crippen molar-refractivity contribution >= 4 is 68.4 Å². The van der Waals surface area contributed by atoms with E-state index >= 15 is 0 Å². The molecule has 52 heavy (non-hydrogen) atoms. The van der Waals surface area contributed by atoms with E-state index in [2.05, 4.69) is 10.6 Å². The summed E-state index contributed by atoms with van der Waals surface area (Å²) >= 11 is 12.4. The monoisotopic (exact) mass is 736 g/mol. The number of aromatic hydroxyl groups is 2. The van der Waals surface area contributed by atoms with Crippen LogP contribution in [-0.4, -0.2) is 32.0 Å². The zero-order valence-electron chi connectivity index (χ0n) is 29.4. The van der Waals surface area contributed by atoms with Crippen LogP contribution < -0.4 is 10.6 Å². The number of anilines is 2. The third-order valence-electron chi connectivity index (χ3n) is 9.37. The minimum atomic E-state index is -0.688. The summed E-state index contributed by atoms with van der Waals surface area (Å²) in [4.78, 5) is 27.7. The minimum absolute atomic E-state index is 0.00200. The maximum Gasteiger partial charge on any atom is 0.229 e. The van der Waals surface area contributed by atoms with Gasteiger partial charge in [0.25, 0.3) is 0 Å². The van der Waals surface area contributed by atoms with Gasteiger partial charge in [-0.05, 0) is 84.3 Å². The predicted molar refractivity (Wildman–Crippen MR) is 210 cm³/mol. The Balaban J connectivity index is 1.63. The van der Waals surface area contributed by atoms with E-state index < -0.39 is 23.1 Å². The molecule has 0 fully saturated rings. The van der Waals surface area contributed by atoms with Crippen LogP contribution in [0.4, 0.5) is 11.4 Å². The summed E-state index contributed by atoms with van der Waals surface area (Å²) in [6, 6.07) is 17.3. The first-order valence-electron chi connectivity index (χ1n) is 16.8. The Hall–Kier alpha value is -5.44. The number of ketones is 2. The highest BCUT2D eigenvalue weighted by Gasteiger charge is 2.38. The van der Waals surface area contributed by atoms with Crippen LogP contribution >= 0.6 is 23.2 Å². The Labute approximate surface area is 312 Å². The number of fused-ring (bicyclic) bond motifs is 2. The number of rotatable bonds is 7. The number of Topliss-reactive ketones (excluding diaryl/α,β-unsaturated/α-hetero) is 2. The predicted octanol–water partition coefficient (Wildman–Crippen LogP) is 10.6. The van der Waals surface area contributed by atoms with Gasteiger partial charge in [0.2, 0.25) is 11.6 Å². The molecule has 0 spiro atoms. The highest BCUT2D eigenvalue weighted by Crippen LogP contribution is 2.53. The maximum absolute atomic E-state index is 13.8. The van der Waals surface area contributed by atoms with Crippen LogP contribution in [0, 0.1) is 25.7 Å². The summed E-state index contributed by atoms with van der Waals surface area (Å²) in [7, 11) is 0. The van der Waals surface area contributed by atoms with Crippen LogP contribution in [0.2, 0.25) is 10.0 Å². The molecule has 4 aromatic rings. The highest BCUT2D eigenvalue weighted by atomic mass is 35.5. The molecule has 10 heteroatoms. The van der Waals surface area contributed by atoms with E-state index in [1.165, 1.54) is 12.4 Å². The molecule has 0 amide bonds. The number of carbonyl (C=O) groups excluding carboxylic acids is 2. The lowest BCUT2D eigenvalue weighted by Gasteiger charge is -2.29. The average molecular weight is 738 g/mol. The highest BCUT2D eigenvalue weighted by molar-refractivity contribution is 6.35. The van der Waals surface area contributed by atoms with Gasteiger partial charge in [-0.15, -0.1) is 0 Å². The van der Waals surface area contributed by atoms with E-state index in [4.69, 9.17) is 23.2 Å². The van der Waals surface area contributed by atoms with E-state index in [0.29, 0.717) is 54.8 Å². The lowest BCUT2D eigenvalue weighted by molar-refractivity contribution is -0.113. The molecule has 8 nitrogen and oxygen atoms in total. The molecule has 0 saturated heterocycles. The largest absolute Gasteiger partial charge is 0.507 e. The number of phenolic OH excluding ortho intramolecular Hbond substituents is 2. The van der Waals surface area contributed by atoms with Gasteiger partial charge >= 0.3 is 0 Å². The number of aryl methyl sites for hydroxylation is 2. The summed E-state index contributed by atoms with van der Waals surface area (Å²) in [5, 5.41) is 54.1. The number of benzene rings is 4. The van der Waals surface area contributed by atoms with Crippen molar-refractivity contribution in [2.75, 3.05) is 10.6 Å². The number of hydrogen-bond donors (Lipinski definition) is 6. The molecule has 6 N–H and O–H groups in total. The van der Waals surface area contributed by atoms with Gasteiger partial charge < -0.3 is 31.1 Å². The summed E-state index contributed by atoms with van der Waals surface area (Å²) in [6.45, 7) is 10.9. The first-order valence-corrected chi connectivity index (χ1v) is 17.5. The van der Waals surface area contributed by atoms with Crippen LogP contribution in [-0.2, 0) is 9.59 Å². The zero-order chi connectivity index (χ0) is 37.8. The molecular formula is C42H38Cl2N2O6. The fourth-order valence-electron chi connectivity index (χ4n) is 7.10. The summed E-state index contributed by atoms with van der Waals surface area (Å²) < 4.78 is 0. The number of carbonyl (C=O) groups is 2. The van der Waals surface area contributed by atoms with Gasteiger partial charge in [-0.25, -0.2) is 0 Å². The molecule has 4 aromatic carbocycles. The second kappa shape index (κ2) is 13.9. The minimum Gasteiger partial charge on any atom is -0.507 e. The molecule has 0 unspecified atom stereocenters. The van der Waals surface area contributed by atoms with Gasteiger partial charge in [0.15, 0.2) is 11.5 Å². The first kappa shape index (κ1) is 36.4. The van der Waals surface area contributed by atoms with Crippen molar-refractivity contribution in [3.63, 3.8) is 0 Å². The average Bonchev–Trinajstić information content (AvgIpc) is 3.07. The second-order valence-electron chi connectivity index (χ2n) is 13.6. The Kier molecular flexibility index (Phi) is 9.75. The molecular weight excluding hydrogens is 699 g/mol. The molecule has 0 radical (unpaired) electrons. The number of aliphatic hydroxyl groups excluding tert-OH is 2. The van der Waals surface area contributed by atoms with E-state index in [1.54, 1.807) is 74.5 Å². The van der Waals surface area contributed by atoms with Crippen LogP contribution in [0.15, 0.2) is 84.6 Å². The van der Waals surface area contributed by atoms with Crippen molar-refractivity contribution < 1.29 is 30.0 Å². The van der Waals surface area contributed by atoms with Crippen molar-refractivity contribution in [1.29, 1.82) is 0 Å². The summed E-state index contributed by atoms with van der Waals surface area (Å²) in [6.07, 6.45) is 2.84. The molecule has 0 aliphatic heterocycles. The normalized spacial score (nSPS) is 16.0. The SMILES string of the molecule is Cc1cc2c(c(O)c1-c1c(C)cc3c(c1O)/C(=C\Nc1cccc(Cl)c1)C(=O)C(O)=C3C(C)C)/C(=C\Nc1cccc(Cl)c1)C(=O)C(O)=C2C(C)C. The molecule has 2 aliphatic rings. The summed E-state index contributed by atoms with van der Waals surface area (Å²) in [5.74, 6) is -3.37. The second-order valence-corrected chi connectivity index (χ2v) is 14.5. The maximum atomic E-state index is 13.8. The molecule has 0 atom stereocenters. The van der Waals surface area contributed by atoms with Crippen LogP contribution in [0.3, 0.4) is 0 Å². The van der Waals surface area contributed by atoms with Crippen molar-refractivity contribution in [2.45, 2.75) is 41.5 Å². The zero-order valence-corrected chi connectivity index (χ0v) is 31.0. The van der Waals surface area contributed by atoms with Crippen molar-refractivity contribution in [3.8, 4) is 22.6 Å². The van der Waals surface area contributed by atoms with Crippen molar-refractivity contribution in [3.05, 3.63) is 128 Å². The van der Waals surface area contributed by atoms with Crippen molar-refractivity contribution in [1.82, 2.24) is 0 Å². The van der Waals surface area contributed by atoms with E-state index in [-0.39, 0.29) is 56.7 Å². The Morgan fingerprint density at radius 3 is 1.27 bits per heavy atom. The molecule has 2 aliphatic carbocycles. The van der Waals surface area contributed by atoms with E-state index in [1.807, 2.05) is 27.7 Å². The smallest absolute Gasteiger partial charge is 0.229 e. The van der Waals surface area contributed by atoms with Crippen molar-refractivity contribution in [2.24, 2.45) is 11.8 Å². The fourth-order valence-corrected chi connectivity index (χ4v) is 7.48. The van der Waals surface area contributed by atoms with E-state index in [0.717, 1.165) is 0 Å². The molecule has 0 bridgehead atoms. The molecule has 6 rings (SSSR count). The Morgan fingerprint density at radius 1 is 0.577 bits per heavy atom. The lowest BCUT2D eigenvalue weighted by Crippen LogP contribution is -2.20. The number of nitrogens with one attached hydrogen (secondary N) is 2. The number of hydrogen-bond acceptors (Lipinski definition) is 8. The molecule has 0 saturated carbocycles. The number of allylic oxidation sites excluding steroid dienone is 4. The van der Waals surface area contributed by atoms with Crippen LogP contribution in [0.5, 0.6) is 11.5 Å². The third kappa shape index (κ3) is 6.22. The fraction of sp³-hybridized carbons (Fsp3) is 0.190. The number of phenols is 2. The molecule has 0 heterocycles. The van der Waals surface area contributed by atoms with E-state index in [9.17, 15) is 30.0 Å². The molecule has 266 valence electrons. The van der Waals surface area contributed by atoms with Gasteiger partial charge in [0.1, 0.15) is 11.5 Å². The molecule has 0 aromatic heterocycles. The van der Waals surface area contributed by atoms with Gasteiger partial charge in [-0.2, -0.15) is 0 Å². The number of halogens is 2. The van der Waals surface area contributed by atoms with Gasteiger partial charge in [0, 0.05) is 67.2 Å². The first-order chi connectivity index (χ1) is 24.6. The Morgan fingerprint density at radius 2 is 0.942 bits per heavy atom. The third-order valence-corrected chi connectivity index (χ3v) is 9.84. The van der Waals surface area contributed by atoms with Gasteiger partial charge in [0.05, 0.1) is 11.1 Å².